The number of carbonyl (C=O) groups excluding carboxylic acids is 1. The van der Waals surface area contributed by atoms with Crippen LogP contribution in [0.25, 0.3) is 0 Å². The average molecular weight is 294 g/mol. The van der Waals surface area contributed by atoms with E-state index in [1.807, 2.05) is 27.7 Å². The monoisotopic (exact) mass is 294 g/mol. The van der Waals surface area contributed by atoms with Gasteiger partial charge in [0.15, 0.2) is 0 Å². The molecule has 0 spiro atoms. The first kappa shape index (κ1) is 16.0. The minimum absolute atomic E-state index is 0.150. The van der Waals surface area contributed by atoms with Gasteiger partial charge in [0.1, 0.15) is 5.82 Å². The Hall–Kier alpha value is -1.40. The third-order valence-corrected chi connectivity index (χ3v) is 4.21. The van der Waals surface area contributed by atoms with Gasteiger partial charge in [0, 0.05) is 0 Å². The summed E-state index contributed by atoms with van der Waals surface area (Å²) < 4.78 is 30.5. The second-order valence-corrected chi connectivity index (χ2v) is 6.15. The first-order valence-electron chi connectivity index (χ1n) is 6.87. The maximum absolute atomic E-state index is 14.1. The standard InChI is InChI=1S/C15H20BFO4/c1-14(2)15(3,4)21-16(20-14)11-7-6-8-12(17)10(11)9-13(18)19-5/h6-8H,9H2,1-5H3. The second kappa shape index (κ2) is 5.42. The normalized spacial score (nSPS) is 19.6. The molecule has 0 bridgehead atoms. The number of halogens is 1. The molecule has 0 radical (unpaired) electrons. The van der Waals surface area contributed by atoms with E-state index >= 15 is 0 Å². The zero-order chi connectivity index (χ0) is 15.8. The minimum atomic E-state index is -0.703. The van der Waals surface area contributed by atoms with Gasteiger partial charge in [0.05, 0.1) is 24.7 Å². The zero-order valence-corrected chi connectivity index (χ0v) is 13.0. The summed E-state index contributed by atoms with van der Waals surface area (Å²) in [7, 11) is 0.572. The molecule has 1 saturated heterocycles. The molecular weight excluding hydrogens is 274 g/mol. The van der Waals surface area contributed by atoms with E-state index in [1.54, 1.807) is 12.1 Å². The molecule has 1 aliphatic rings. The molecule has 2 rings (SSSR count). The van der Waals surface area contributed by atoms with Crippen LogP contribution in [0.5, 0.6) is 0 Å². The van der Waals surface area contributed by atoms with Gasteiger partial charge < -0.3 is 14.0 Å². The summed E-state index contributed by atoms with van der Waals surface area (Å²) in [5, 5.41) is 0. The molecule has 1 aromatic carbocycles. The highest BCUT2D eigenvalue weighted by atomic mass is 19.1. The van der Waals surface area contributed by atoms with Crippen LogP contribution in [0, 0.1) is 5.82 Å². The van der Waals surface area contributed by atoms with Crippen molar-refractivity contribution >= 4 is 18.6 Å². The van der Waals surface area contributed by atoms with Crippen LogP contribution < -0.4 is 5.46 Å². The van der Waals surface area contributed by atoms with E-state index in [0.717, 1.165) is 0 Å². The van der Waals surface area contributed by atoms with Crippen molar-refractivity contribution in [3.8, 4) is 0 Å². The number of ether oxygens (including phenoxy) is 1. The Balaban J connectivity index is 2.37. The number of rotatable bonds is 3. The van der Waals surface area contributed by atoms with Gasteiger partial charge >= 0.3 is 13.1 Å². The van der Waals surface area contributed by atoms with Gasteiger partial charge in [-0.25, -0.2) is 4.39 Å². The van der Waals surface area contributed by atoms with Crippen molar-refractivity contribution in [1.29, 1.82) is 0 Å². The molecule has 1 aromatic rings. The molecule has 4 nitrogen and oxygen atoms in total. The molecule has 21 heavy (non-hydrogen) atoms. The molecule has 0 aromatic heterocycles. The van der Waals surface area contributed by atoms with E-state index in [2.05, 4.69) is 4.74 Å². The molecule has 0 unspecified atom stereocenters. The Morgan fingerprint density at radius 2 is 1.81 bits per heavy atom. The van der Waals surface area contributed by atoms with Crippen LogP contribution in [-0.2, 0) is 25.3 Å². The van der Waals surface area contributed by atoms with Gasteiger partial charge in [0.2, 0.25) is 0 Å². The number of carbonyl (C=O) groups is 1. The highest BCUT2D eigenvalue weighted by molar-refractivity contribution is 6.62. The molecule has 1 heterocycles. The van der Waals surface area contributed by atoms with E-state index in [0.29, 0.717) is 5.46 Å². The highest BCUT2D eigenvalue weighted by Gasteiger charge is 2.52. The van der Waals surface area contributed by atoms with Gasteiger partial charge in [-0.3, -0.25) is 4.79 Å². The van der Waals surface area contributed by atoms with Crippen molar-refractivity contribution in [2.24, 2.45) is 0 Å². The summed E-state index contributed by atoms with van der Waals surface area (Å²) in [4.78, 5) is 11.5. The Bertz CT molecular complexity index is 541. The fraction of sp³-hybridized carbons (Fsp3) is 0.533. The Labute approximate surface area is 124 Å². The van der Waals surface area contributed by atoms with Gasteiger partial charge in [-0.15, -0.1) is 0 Å². The lowest BCUT2D eigenvalue weighted by molar-refractivity contribution is -0.139. The topological polar surface area (TPSA) is 44.8 Å². The van der Waals surface area contributed by atoms with E-state index in [9.17, 15) is 9.18 Å². The predicted octanol–water partition coefficient (Wildman–Crippen LogP) is 1.84. The first-order chi connectivity index (χ1) is 9.68. The quantitative estimate of drug-likeness (QED) is 0.630. The van der Waals surface area contributed by atoms with Crippen LogP contribution in [-0.4, -0.2) is 31.4 Å². The zero-order valence-electron chi connectivity index (χ0n) is 13.0. The van der Waals surface area contributed by atoms with Crippen LogP contribution in [0.1, 0.15) is 33.3 Å². The van der Waals surface area contributed by atoms with Crippen LogP contribution in [0.15, 0.2) is 18.2 Å². The molecule has 0 amide bonds. The molecule has 6 heteroatoms. The summed E-state index contributed by atoms with van der Waals surface area (Å²) in [6.07, 6.45) is -0.150. The number of esters is 1. The molecule has 0 N–H and O–H groups in total. The van der Waals surface area contributed by atoms with Crippen LogP contribution in [0.4, 0.5) is 4.39 Å². The maximum Gasteiger partial charge on any atom is 0.495 e. The van der Waals surface area contributed by atoms with Crippen LogP contribution in [0.2, 0.25) is 0 Å². The predicted molar refractivity (Wildman–Crippen MR) is 77.8 cm³/mol. The van der Waals surface area contributed by atoms with Crippen molar-refractivity contribution in [2.45, 2.75) is 45.3 Å². The lowest BCUT2D eigenvalue weighted by atomic mass is 9.75. The Morgan fingerprint density at radius 3 is 2.33 bits per heavy atom. The van der Waals surface area contributed by atoms with E-state index in [1.165, 1.54) is 13.2 Å². The van der Waals surface area contributed by atoms with Gasteiger partial charge in [-0.05, 0) is 44.8 Å². The molecule has 1 aliphatic heterocycles. The van der Waals surface area contributed by atoms with Crippen LogP contribution >= 0.6 is 0 Å². The van der Waals surface area contributed by atoms with Gasteiger partial charge in [-0.2, -0.15) is 0 Å². The summed E-state index contributed by atoms with van der Waals surface area (Å²) >= 11 is 0. The summed E-state index contributed by atoms with van der Waals surface area (Å²) in [6, 6.07) is 4.60. The molecular formula is C15H20BFO4. The Morgan fingerprint density at radius 1 is 1.24 bits per heavy atom. The minimum Gasteiger partial charge on any atom is -0.469 e. The Kier molecular flexibility index (Phi) is 4.13. The first-order valence-corrected chi connectivity index (χ1v) is 6.87. The van der Waals surface area contributed by atoms with E-state index < -0.39 is 30.1 Å². The lowest BCUT2D eigenvalue weighted by Crippen LogP contribution is -2.41. The smallest absolute Gasteiger partial charge is 0.469 e. The van der Waals surface area contributed by atoms with Crippen LogP contribution in [0.3, 0.4) is 0 Å². The molecule has 0 aliphatic carbocycles. The van der Waals surface area contributed by atoms with Crippen molar-refractivity contribution < 1.29 is 23.2 Å². The van der Waals surface area contributed by atoms with Gasteiger partial charge in [0.25, 0.3) is 0 Å². The third kappa shape index (κ3) is 2.96. The average Bonchev–Trinajstić information content (AvgIpc) is 2.60. The second-order valence-electron chi connectivity index (χ2n) is 6.15. The van der Waals surface area contributed by atoms with Crippen molar-refractivity contribution in [3.63, 3.8) is 0 Å². The number of methoxy groups -OCH3 is 1. The highest BCUT2D eigenvalue weighted by Crippen LogP contribution is 2.36. The molecule has 0 saturated carbocycles. The summed E-state index contributed by atoms with van der Waals surface area (Å²) in [5.74, 6) is -0.967. The number of benzene rings is 1. The maximum atomic E-state index is 14.1. The molecule has 0 atom stereocenters. The van der Waals surface area contributed by atoms with E-state index in [4.69, 9.17) is 9.31 Å². The van der Waals surface area contributed by atoms with E-state index in [-0.39, 0.29) is 12.0 Å². The third-order valence-electron chi connectivity index (χ3n) is 4.21. The SMILES string of the molecule is COC(=O)Cc1c(F)cccc1B1OC(C)(C)C(C)(C)O1. The molecule has 1 fully saturated rings. The molecule has 114 valence electrons. The lowest BCUT2D eigenvalue weighted by Gasteiger charge is -2.32. The largest absolute Gasteiger partial charge is 0.495 e. The van der Waals surface area contributed by atoms with Crippen molar-refractivity contribution in [2.75, 3.05) is 7.11 Å². The summed E-state index contributed by atoms with van der Waals surface area (Å²) in [5.41, 5.74) is -0.263. The summed E-state index contributed by atoms with van der Waals surface area (Å²) in [6.45, 7) is 7.69. The fourth-order valence-electron chi connectivity index (χ4n) is 2.17. The van der Waals surface area contributed by atoms with Crippen molar-refractivity contribution in [3.05, 3.63) is 29.6 Å². The number of hydrogen-bond acceptors (Lipinski definition) is 4. The van der Waals surface area contributed by atoms with Gasteiger partial charge in [-0.1, -0.05) is 12.1 Å². The fourth-order valence-corrected chi connectivity index (χ4v) is 2.17. The van der Waals surface area contributed by atoms with Crippen molar-refractivity contribution in [1.82, 2.24) is 0 Å². The number of hydrogen-bond donors (Lipinski definition) is 0.